The van der Waals surface area contributed by atoms with Crippen LogP contribution < -0.4 is 15.8 Å². The smallest absolute Gasteiger partial charge is 0.251 e. The van der Waals surface area contributed by atoms with Gasteiger partial charge in [0.05, 0.1) is 6.61 Å². The first-order valence-corrected chi connectivity index (χ1v) is 4.99. The summed E-state index contributed by atoms with van der Waals surface area (Å²) in [6.07, 6.45) is 0. The molecule has 0 fully saturated rings. The van der Waals surface area contributed by atoms with E-state index in [9.17, 15) is 4.79 Å². The van der Waals surface area contributed by atoms with Crippen LogP contribution in [0, 0.1) is 0 Å². The quantitative estimate of drug-likeness (QED) is 0.735. The van der Waals surface area contributed by atoms with Crippen molar-refractivity contribution in [2.24, 2.45) is 0 Å². The van der Waals surface area contributed by atoms with Crippen LogP contribution in [0.1, 0.15) is 24.2 Å². The van der Waals surface area contributed by atoms with Gasteiger partial charge in [0.1, 0.15) is 5.75 Å². The summed E-state index contributed by atoms with van der Waals surface area (Å²) in [6.45, 7) is 4.90. The summed E-state index contributed by atoms with van der Waals surface area (Å²) in [6, 6.07) is 5.02. The second kappa shape index (κ2) is 5.24. The molecule has 0 saturated heterocycles. The number of nitrogen functional groups attached to an aromatic ring is 1. The molecule has 0 spiro atoms. The zero-order valence-electron chi connectivity index (χ0n) is 9.04. The van der Waals surface area contributed by atoms with Crippen LogP contribution in [0.15, 0.2) is 18.2 Å². The number of anilines is 1. The molecule has 0 aliphatic rings. The van der Waals surface area contributed by atoms with Gasteiger partial charge in [0.2, 0.25) is 0 Å². The number of amides is 1. The van der Waals surface area contributed by atoms with E-state index < -0.39 is 0 Å². The lowest BCUT2D eigenvalue weighted by molar-refractivity contribution is 0.0955. The van der Waals surface area contributed by atoms with E-state index in [-0.39, 0.29) is 5.91 Å². The van der Waals surface area contributed by atoms with Crippen molar-refractivity contribution in [1.82, 2.24) is 5.32 Å². The Balaban J connectivity index is 2.92. The van der Waals surface area contributed by atoms with Gasteiger partial charge in [-0.15, -0.1) is 0 Å². The standard InChI is InChI=1S/C11H16N2O2/c1-3-13-11(14)8-5-9(12)7-10(6-8)15-4-2/h5-7H,3-4,12H2,1-2H3,(H,13,14). The predicted octanol–water partition coefficient (Wildman–Crippen LogP) is 1.42. The molecule has 1 amide bonds. The molecule has 3 N–H and O–H groups in total. The Labute approximate surface area is 89.4 Å². The Hall–Kier alpha value is -1.71. The number of carbonyl (C=O) groups is 1. The Morgan fingerprint density at radius 1 is 1.40 bits per heavy atom. The molecule has 0 aliphatic carbocycles. The summed E-state index contributed by atoms with van der Waals surface area (Å²) in [4.78, 5) is 11.5. The molecule has 4 heteroatoms. The number of nitrogens with two attached hydrogens (primary N) is 1. The van der Waals surface area contributed by atoms with Crippen LogP contribution in [0.5, 0.6) is 5.75 Å². The third-order valence-corrected chi connectivity index (χ3v) is 1.84. The molecular weight excluding hydrogens is 192 g/mol. The van der Waals surface area contributed by atoms with Gasteiger partial charge >= 0.3 is 0 Å². The highest BCUT2D eigenvalue weighted by molar-refractivity contribution is 5.95. The van der Waals surface area contributed by atoms with E-state index >= 15 is 0 Å². The maximum Gasteiger partial charge on any atom is 0.251 e. The topological polar surface area (TPSA) is 64.4 Å². The fraction of sp³-hybridized carbons (Fsp3) is 0.364. The minimum absolute atomic E-state index is 0.134. The van der Waals surface area contributed by atoms with Crippen molar-refractivity contribution in [2.75, 3.05) is 18.9 Å². The number of nitrogens with one attached hydrogen (secondary N) is 1. The van der Waals surface area contributed by atoms with Gasteiger partial charge < -0.3 is 15.8 Å². The summed E-state index contributed by atoms with van der Waals surface area (Å²) in [5.41, 5.74) is 6.72. The normalized spacial score (nSPS) is 9.73. The van der Waals surface area contributed by atoms with Crippen molar-refractivity contribution >= 4 is 11.6 Å². The molecule has 1 aromatic rings. The molecule has 0 saturated carbocycles. The lowest BCUT2D eigenvalue weighted by atomic mass is 10.2. The lowest BCUT2D eigenvalue weighted by Gasteiger charge is -2.07. The van der Waals surface area contributed by atoms with E-state index in [2.05, 4.69) is 5.32 Å². The fourth-order valence-electron chi connectivity index (χ4n) is 1.27. The van der Waals surface area contributed by atoms with E-state index in [1.165, 1.54) is 0 Å². The average Bonchev–Trinajstić information content (AvgIpc) is 2.17. The maximum atomic E-state index is 11.5. The molecule has 1 aromatic carbocycles. The molecular formula is C11H16N2O2. The van der Waals surface area contributed by atoms with Crippen LogP contribution in [0.2, 0.25) is 0 Å². The van der Waals surface area contributed by atoms with Crippen molar-refractivity contribution in [3.63, 3.8) is 0 Å². The van der Waals surface area contributed by atoms with Crippen molar-refractivity contribution in [1.29, 1.82) is 0 Å². The largest absolute Gasteiger partial charge is 0.494 e. The van der Waals surface area contributed by atoms with Crippen molar-refractivity contribution in [3.8, 4) is 5.75 Å². The lowest BCUT2D eigenvalue weighted by Crippen LogP contribution is -2.22. The second-order valence-electron chi connectivity index (χ2n) is 3.08. The Kier molecular flexibility index (Phi) is 3.97. The van der Waals surface area contributed by atoms with Crippen LogP contribution >= 0.6 is 0 Å². The molecule has 1 rings (SSSR count). The molecule has 0 heterocycles. The van der Waals surface area contributed by atoms with Crippen molar-refractivity contribution in [3.05, 3.63) is 23.8 Å². The minimum atomic E-state index is -0.134. The van der Waals surface area contributed by atoms with E-state index in [0.29, 0.717) is 30.2 Å². The van der Waals surface area contributed by atoms with E-state index in [0.717, 1.165) is 0 Å². The SMILES string of the molecule is CCNC(=O)c1cc(N)cc(OCC)c1. The van der Waals surface area contributed by atoms with Gasteiger partial charge in [-0.05, 0) is 26.0 Å². The minimum Gasteiger partial charge on any atom is -0.494 e. The third kappa shape index (κ3) is 3.16. The van der Waals surface area contributed by atoms with Gasteiger partial charge in [0.15, 0.2) is 0 Å². The fourth-order valence-corrected chi connectivity index (χ4v) is 1.27. The van der Waals surface area contributed by atoms with Gasteiger partial charge in [0, 0.05) is 23.9 Å². The van der Waals surface area contributed by atoms with Crippen molar-refractivity contribution in [2.45, 2.75) is 13.8 Å². The molecule has 0 aromatic heterocycles. The summed E-state index contributed by atoms with van der Waals surface area (Å²) in [5.74, 6) is 0.490. The van der Waals surface area contributed by atoms with Gasteiger partial charge in [-0.2, -0.15) is 0 Å². The molecule has 82 valence electrons. The van der Waals surface area contributed by atoms with Crippen molar-refractivity contribution < 1.29 is 9.53 Å². The Morgan fingerprint density at radius 2 is 2.13 bits per heavy atom. The zero-order valence-corrected chi connectivity index (χ0v) is 9.04. The summed E-state index contributed by atoms with van der Waals surface area (Å²) in [5, 5.41) is 2.71. The number of hydrogen-bond donors (Lipinski definition) is 2. The highest BCUT2D eigenvalue weighted by Crippen LogP contribution is 2.18. The van der Waals surface area contributed by atoms with Gasteiger partial charge in [-0.3, -0.25) is 4.79 Å². The highest BCUT2D eigenvalue weighted by Gasteiger charge is 2.06. The average molecular weight is 208 g/mol. The maximum absolute atomic E-state index is 11.5. The number of rotatable bonds is 4. The van der Waals surface area contributed by atoms with Gasteiger partial charge in [-0.25, -0.2) is 0 Å². The summed E-state index contributed by atoms with van der Waals surface area (Å²) < 4.78 is 5.30. The molecule has 0 unspecified atom stereocenters. The van der Waals surface area contributed by atoms with Gasteiger partial charge in [-0.1, -0.05) is 0 Å². The van der Waals surface area contributed by atoms with E-state index in [1.54, 1.807) is 18.2 Å². The van der Waals surface area contributed by atoms with Gasteiger partial charge in [0.25, 0.3) is 5.91 Å². The molecule has 0 atom stereocenters. The number of benzene rings is 1. The molecule has 0 aliphatic heterocycles. The first-order chi connectivity index (χ1) is 7.17. The van der Waals surface area contributed by atoms with Crippen LogP contribution in [-0.4, -0.2) is 19.1 Å². The Morgan fingerprint density at radius 3 is 2.73 bits per heavy atom. The highest BCUT2D eigenvalue weighted by atomic mass is 16.5. The summed E-state index contributed by atoms with van der Waals surface area (Å²) >= 11 is 0. The van der Waals surface area contributed by atoms with Crippen LogP contribution in [0.3, 0.4) is 0 Å². The Bertz CT molecular complexity index is 350. The first kappa shape index (κ1) is 11.4. The first-order valence-electron chi connectivity index (χ1n) is 4.99. The number of ether oxygens (including phenoxy) is 1. The zero-order chi connectivity index (χ0) is 11.3. The monoisotopic (exact) mass is 208 g/mol. The second-order valence-corrected chi connectivity index (χ2v) is 3.08. The number of hydrogen-bond acceptors (Lipinski definition) is 3. The molecule has 0 bridgehead atoms. The van der Waals surface area contributed by atoms with Crippen LogP contribution in [0.4, 0.5) is 5.69 Å². The molecule has 15 heavy (non-hydrogen) atoms. The summed E-state index contributed by atoms with van der Waals surface area (Å²) in [7, 11) is 0. The van der Waals surface area contributed by atoms with Crippen LogP contribution in [-0.2, 0) is 0 Å². The number of carbonyl (C=O) groups excluding carboxylic acids is 1. The van der Waals surface area contributed by atoms with E-state index in [1.807, 2.05) is 13.8 Å². The van der Waals surface area contributed by atoms with Crippen LogP contribution in [0.25, 0.3) is 0 Å². The molecule has 4 nitrogen and oxygen atoms in total. The predicted molar refractivity (Wildman–Crippen MR) is 60.0 cm³/mol. The molecule has 0 radical (unpaired) electrons. The van der Waals surface area contributed by atoms with E-state index in [4.69, 9.17) is 10.5 Å². The third-order valence-electron chi connectivity index (χ3n) is 1.84.